The number of halogens is 2. The predicted molar refractivity (Wildman–Crippen MR) is 104 cm³/mol. The minimum atomic E-state index is -0.251. The maximum atomic E-state index is 11.8. The Labute approximate surface area is 159 Å². The van der Waals surface area contributed by atoms with E-state index in [9.17, 15) is 9.59 Å². The number of carbonyl (C=O) groups is 2. The van der Waals surface area contributed by atoms with Crippen LogP contribution in [0.2, 0.25) is 5.02 Å². The van der Waals surface area contributed by atoms with E-state index >= 15 is 0 Å². The van der Waals surface area contributed by atoms with E-state index in [0.29, 0.717) is 17.1 Å². The summed E-state index contributed by atoms with van der Waals surface area (Å²) in [6.07, 6.45) is 2.40. The van der Waals surface area contributed by atoms with Crippen molar-refractivity contribution < 1.29 is 9.59 Å². The number of amides is 2. The molecule has 2 N–H and O–H groups in total. The van der Waals surface area contributed by atoms with Gasteiger partial charge in [-0.25, -0.2) is 5.43 Å². The highest BCUT2D eigenvalue weighted by molar-refractivity contribution is 9.10. The van der Waals surface area contributed by atoms with Crippen molar-refractivity contribution in [2.75, 3.05) is 5.32 Å². The van der Waals surface area contributed by atoms with Crippen LogP contribution in [0.1, 0.15) is 24.8 Å². The molecule has 0 aliphatic rings. The Kier molecular flexibility index (Phi) is 7.63. The first-order valence-corrected chi connectivity index (χ1v) is 8.83. The fourth-order valence-corrected chi connectivity index (χ4v) is 2.59. The summed E-state index contributed by atoms with van der Waals surface area (Å²) in [4.78, 5) is 23.5. The Bertz CT molecular complexity index is 780. The molecular weight excluding hydrogens is 406 g/mol. The highest BCUT2D eigenvalue weighted by Crippen LogP contribution is 2.16. The Morgan fingerprint density at radius 1 is 1.08 bits per heavy atom. The average Bonchev–Trinajstić information content (AvgIpc) is 2.56. The van der Waals surface area contributed by atoms with Crippen LogP contribution in [0.25, 0.3) is 0 Å². The quantitative estimate of drug-likeness (QED) is 0.514. The molecule has 2 amide bonds. The standard InChI is InChI=1S/C18H17BrClN3O2/c19-14-6-3-7-15(11-14)22-17(24)9-4-10-18(25)23-21-12-13-5-1-2-8-16(13)20/h1-3,5-8,11-12H,4,9-10H2,(H,22,24)(H,23,25)/b21-12-. The van der Waals surface area contributed by atoms with Crippen molar-refractivity contribution in [2.24, 2.45) is 5.10 Å². The van der Waals surface area contributed by atoms with E-state index in [1.165, 1.54) is 6.21 Å². The lowest BCUT2D eigenvalue weighted by molar-refractivity contribution is -0.121. The van der Waals surface area contributed by atoms with Crippen LogP contribution in [0.4, 0.5) is 5.69 Å². The number of hydrazone groups is 1. The Hall–Kier alpha value is -2.18. The summed E-state index contributed by atoms with van der Waals surface area (Å²) in [7, 11) is 0. The molecule has 0 atom stereocenters. The summed E-state index contributed by atoms with van der Waals surface area (Å²) < 4.78 is 0.890. The van der Waals surface area contributed by atoms with Crippen LogP contribution in [-0.2, 0) is 9.59 Å². The summed E-state index contributed by atoms with van der Waals surface area (Å²) in [5.41, 5.74) is 3.86. The highest BCUT2D eigenvalue weighted by Gasteiger charge is 2.05. The van der Waals surface area contributed by atoms with Gasteiger partial charge in [0, 0.05) is 33.6 Å². The molecule has 2 aromatic rings. The van der Waals surface area contributed by atoms with Crippen LogP contribution in [0.5, 0.6) is 0 Å². The SMILES string of the molecule is O=C(CCCC(=O)Nc1cccc(Br)c1)N/N=C\c1ccccc1Cl. The first-order valence-electron chi connectivity index (χ1n) is 7.66. The third kappa shape index (κ3) is 7.07. The molecule has 0 aromatic heterocycles. The zero-order chi connectivity index (χ0) is 18.1. The van der Waals surface area contributed by atoms with Gasteiger partial charge in [0.1, 0.15) is 0 Å². The van der Waals surface area contributed by atoms with E-state index in [-0.39, 0.29) is 24.7 Å². The maximum absolute atomic E-state index is 11.8. The maximum Gasteiger partial charge on any atom is 0.240 e. The first-order chi connectivity index (χ1) is 12.0. The number of anilines is 1. The van der Waals surface area contributed by atoms with Crippen molar-refractivity contribution in [1.29, 1.82) is 0 Å². The predicted octanol–water partition coefficient (Wildman–Crippen LogP) is 4.36. The van der Waals surface area contributed by atoms with Gasteiger partial charge in [-0.3, -0.25) is 9.59 Å². The fourth-order valence-electron chi connectivity index (χ4n) is 2.01. The molecule has 7 heteroatoms. The van der Waals surface area contributed by atoms with Crippen LogP contribution >= 0.6 is 27.5 Å². The Morgan fingerprint density at radius 2 is 1.84 bits per heavy atom. The van der Waals surface area contributed by atoms with Gasteiger partial charge < -0.3 is 5.32 Å². The largest absolute Gasteiger partial charge is 0.326 e. The number of nitrogens with one attached hydrogen (secondary N) is 2. The highest BCUT2D eigenvalue weighted by atomic mass is 79.9. The molecule has 5 nitrogen and oxygen atoms in total. The van der Waals surface area contributed by atoms with Gasteiger partial charge in [0.15, 0.2) is 0 Å². The van der Waals surface area contributed by atoms with Crippen molar-refractivity contribution in [3.8, 4) is 0 Å². The van der Waals surface area contributed by atoms with Gasteiger partial charge in [0.05, 0.1) is 6.21 Å². The summed E-state index contributed by atoms with van der Waals surface area (Å²) in [6.45, 7) is 0. The molecule has 25 heavy (non-hydrogen) atoms. The molecule has 0 bridgehead atoms. The molecule has 0 unspecified atom stereocenters. The zero-order valence-corrected chi connectivity index (χ0v) is 15.7. The number of rotatable bonds is 7. The van der Waals surface area contributed by atoms with E-state index in [4.69, 9.17) is 11.6 Å². The number of hydrogen-bond donors (Lipinski definition) is 2. The topological polar surface area (TPSA) is 70.6 Å². The monoisotopic (exact) mass is 421 g/mol. The second-order valence-electron chi connectivity index (χ2n) is 5.23. The van der Waals surface area contributed by atoms with Crippen molar-refractivity contribution in [2.45, 2.75) is 19.3 Å². The zero-order valence-electron chi connectivity index (χ0n) is 13.3. The van der Waals surface area contributed by atoms with Crippen molar-refractivity contribution in [3.63, 3.8) is 0 Å². The number of nitrogens with zero attached hydrogens (tertiary/aromatic N) is 1. The summed E-state index contributed by atoms with van der Waals surface area (Å²) in [6, 6.07) is 14.5. The number of carbonyl (C=O) groups excluding carboxylic acids is 2. The lowest BCUT2D eigenvalue weighted by atomic mass is 10.2. The van der Waals surface area contributed by atoms with E-state index in [2.05, 4.69) is 31.8 Å². The van der Waals surface area contributed by atoms with Crippen molar-refractivity contribution in [1.82, 2.24) is 5.43 Å². The molecule has 2 aromatic carbocycles. The molecule has 2 rings (SSSR count). The van der Waals surface area contributed by atoms with Gasteiger partial charge in [0.2, 0.25) is 11.8 Å². The summed E-state index contributed by atoms with van der Waals surface area (Å²) >= 11 is 9.33. The minimum absolute atomic E-state index is 0.134. The molecule has 0 aliphatic heterocycles. The summed E-state index contributed by atoms with van der Waals surface area (Å²) in [5, 5.41) is 7.21. The minimum Gasteiger partial charge on any atom is -0.326 e. The van der Waals surface area contributed by atoms with Gasteiger partial charge in [-0.15, -0.1) is 0 Å². The first kappa shape index (κ1) is 19.1. The number of hydrogen-bond acceptors (Lipinski definition) is 3. The molecule has 0 saturated carbocycles. The van der Waals surface area contributed by atoms with E-state index < -0.39 is 0 Å². The van der Waals surface area contributed by atoms with E-state index in [0.717, 1.165) is 10.0 Å². The van der Waals surface area contributed by atoms with Gasteiger partial charge in [0.25, 0.3) is 0 Å². The molecule has 0 aliphatic carbocycles. The average molecular weight is 423 g/mol. The van der Waals surface area contributed by atoms with Crippen LogP contribution < -0.4 is 10.7 Å². The van der Waals surface area contributed by atoms with Crippen LogP contribution in [0.3, 0.4) is 0 Å². The Morgan fingerprint density at radius 3 is 2.60 bits per heavy atom. The van der Waals surface area contributed by atoms with Crippen molar-refractivity contribution in [3.05, 3.63) is 63.6 Å². The molecule has 0 fully saturated rings. The molecule has 0 spiro atoms. The van der Waals surface area contributed by atoms with Gasteiger partial charge in [-0.2, -0.15) is 5.10 Å². The molecular formula is C18H17BrClN3O2. The van der Waals surface area contributed by atoms with Crippen LogP contribution in [0.15, 0.2) is 58.1 Å². The fraction of sp³-hybridized carbons (Fsp3) is 0.167. The second kappa shape index (κ2) is 9.96. The molecule has 0 saturated heterocycles. The van der Waals surface area contributed by atoms with Gasteiger partial charge >= 0.3 is 0 Å². The number of benzene rings is 2. The van der Waals surface area contributed by atoms with E-state index in [1.54, 1.807) is 18.2 Å². The van der Waals surface area contributed by atoms with Crippen LogP contribution in [-0.4, -0.2) is 18.0 Å². The molecule has 0 radical (unpaired) electrons. The summed E-state index contributed by atoms with van der Waals surface area (Å²) in [5.74, 6) is -0.385. The van der Waals surface area contributed by atoms with Gasteiger partial charge in [-0.1, -0.05) is 51.8 Å². The molecule has 0 heterocycles. The molecule has 130 valence electrons. The normalized spacial score (nSPS) is 10.6. The van der Waals surface area contributed by atoms with E-state index in [1.807, 2.05) is 30.3 Å². The third-order valence-electron chi connectivity index (χ3n) is 3.21. The van der Waals surface area contributed by atoms with Crippen molar-refractivity contribution >= 4 is 51.2 Å². The van der Waals surface area contributed by atoms with Crippen LogP contribution in [0, 0.1) is 0 Å². The Balaban J connectivity index is 1.68. The smallest absolute Gasteiger partial charge is 0.240 e. The van der Waals surface area contributed by atoms with Gasteiger partial charge in [-0.05, 0) is 30.7 Å². The lowest BCUT2D eigenvalue weighted by Crippen LogP contribution is -2.18. The lowest BCUT2D eigenvalue weighted by Gasteiger charge is -2.05. The third-order valence-corrected chi connectivity index (χ3v) is 4.05. The second-order valence-corrected chi connectivity index (χ2v) is 6.55.